The zero-order valence-electron chi connectivity index (χ0n) is 35.1. The molecule has 0 aliphatic rings. The minimum absolute atomic E-state index is 0. The largest absolute Gasteiger partial charge is 0.512 e. The van der Waals surface area contributed by atoms with Gasteiger partial charge in [-0.15, -0.1) is 29.1 Å². The van der Waals surface area contributed by atoms with Gasteiger partial charge in [-0.3, -0.25) is 9.78 Å². The van der Waals surface area contributed by atoms with Crippen LogP contribution in [0.1, 0.15) is 94.9 Å². The Morgan fingerprint density at radius 2 is 1.52 bits per heavy atom. The molecule has 0 saturated carbocycles. The van der Waals surface area contributed by atoms with Crippen molar-refractivity contribution in [2.45, 2.75) is 85.7 Å². The molecule has 0 aliphatic heterocycles. The Bertz CT molecular complexity index is 2290. The van der Waals surface area contributed by atoms with E-state index in [1.165, 1.54) is 18.2 Å². The van der Waals surface area contributed by atoms with Crippen LogP contribution in [-0.2, 0) is 36.5 Å². The molecule has 5 rings (SSSR count). The molecule has 0 atom stereocenters. The predicted octanol–water partition coefficient (Wildman–Crippen LogP) is 11.6. The van der Waals surface area contributed by atoms with Gasteiger partial charge in [0.05, 0.1) is 25.1 Å². The molecule has 4 aromatic carbocycles. The number of rotatable bonds is 8. The summed E-state index contributed by atoms with van der Waals surface area (Å²) >= 11 is 0. The van der Waals surface area contributed by atoms with E-state index in [-0.39, 0.29) is 89.0 Å². The number of benzene rings is 4. The molecule has 5 aromatic rings. The molecule has 0 amide bonds. The van der Waals surface area contributed by atoms with Crippen LogP contribution in [0, 0.1) is 17.9 Å². The number of hydrogen-bond donors (Lipinski definition) is 1. The summed E-state index contributed by atoms with van der Waals surface area (Å²) < 4.78 is 101. The van der Waals surface area contributed by atoms with E-state index in [1.807, 2.05) is 48.5 Å². The summed E-state index contributed by atoms with van der Waals surface area (Å²) in [6.07, 6.45) is 0.845. The summed E-state index contributed by atoms with van der Waals surface area (Å²) in [4.78, 5) is 19.9. The van der Waals surface area contributed by atoms with Gasteiger partial charge in [0, 0.05) is 45.1 Å². The van der Waals surface area contributed by atoms with Gasteiger partial charge in [-0.05, 0) is 47.3 Å². The Labute approximate surface area is 305 Å². The van der Waals surface area contributed by atoms with Crippen LogP contribution < -0.4 is 0 Å². The summed E-state index contributed by atoms with van der Waals surface area (Å²) in [7, 11) is 0. The molecule has 0 spiro atoms. The molecule has 0 bridgehead atoms. The first-order chi connectivity index (χ1) is 25.1. The first kappa shape index (κ1) is 29.3. The minimum Gasteiger partial charge on any atom is -0.512 e. The number of halogens is 3. The fourth-order valence-corrected chi connectivity index (χ4v) is 5.69. The van der Waals surface area contributed by atoms with E-state index in [1.54, 1.807) is 6.07 Å². The summed E-state index contributed by atoms with van der Waals surface area (Å²) in [5, 5.41) is 9.37. The first-order valence-corrected chi connectivity index (χ1v) is 15.8. The summed E-state index contributed by atoms with van der Waals surface area (Å²) in [5.74, 6) is 0.547. The SMILES string of the molecule is CCC(CC)C(=O)/C=C(\O)C(CC)CC.[2H]c1cc2c(C(C)(C)C)cc(-c3ncnc4c(C(F)(F)F)c5c([2H])c([2H])c([2H])c([2H])c5cc34)[c-]c2c([2H])c1[2H].[Ir]. The molecule has 1 radical (unpaired) electrons. The number of carbonyl (C=O) groups is 1. The minimum atomic E-state index is -5.01. The molecule has 48 heavy (non-hydrogen) atoms. The summed E-state index contributed by atoms with van der Waals surface area (Å²) in [6, 6.07) is 3.80. The fourth-order valence-electron chi connectivity index (χ4n) is 5.69. The van der Waals surface area contributed by atoms with Crippen LogP contribution in [0.2, 0.25) is 0 Å². The second-order valence-corrected chi connectivity index (χ2v) is 12.5. The Morgan fingerprint density at radius 3 is 2.12 bits per heavy atom. The number of hydrogen-bond acceptors (Lipinski definition) is 4. The average Bonchev–Trinajstić information content (AvgIpc) is 3.11. The Hall–Kier alpha value is -3.61. The molecule has 257 valence electrons. The molecule has 0 unspecified atom stereocenters. The van der Waals surface area contributed by atoms with Crippen LogP contribution in [0.25, 0.3) is 43.7 Å². The van der Waals surface area contributed by atoms with Crippen LogP contribution in [0.4, 0.5) is 13.2 Å². The van der Waals surface area contributed by atoms with Gasteiger partial charge in [0.2, 0.25) is 0 Å². The third-order valence-corrected chi connectivity index (χ3v) is 8.39. The molecule has 1 aromatic heterocycles. The van der Waals surface area contributed by atoms with Crippen LogP contribution in [-0.4, -0.2) is 20.9 Å². The van der Waals surface area contributed by atoms with Crippen molar-refractivity contribution in [3.63, 3.8) is 0 Å². The van der Waals surface area contributed by atoms with Crippen molar-refractivity contribution >= 4 is 38.2 Å². The Kier molecular flexibility index (Phi) is 9.89. The van der Waals surface area contributed by atoms with E-state index in [0.717, 1.165) is 32.0 Å². The monoisotopic (exact) mass is 841 g/mol. The number of allylic oxidation sites excluding steroid dienone is 2. The molecule has 0 saturated heterocycles. The van der Waals surface area contributed by atoms with Crippen LogP contribution >= 0.6 is 0 Å². The van der Waals surface area contributed by atoms with Gasteiger partial charge in [0.25, 0.3) is 0 Å². The third-order valence-electron chi connectivity index (χ3n) is 8.39. The van der Waals surface area contributed by atoms with Gasteiger partial charge in [0.1, 0.15) is 6.33 Å². The number of carbonyl (C=O) groups excluding carboxylic acids is 1. The molecule has 0 fully saturated rings. The van der Waals surface area contributed by atoms with Gasteiger partial charge in [0.15, 0.2) is 5.78 Å². The van der Waals surface area contributed by atoms with Crippen LogP contribution in [0.5, 0.6) is 0 Å². The average molecular weight is 841 g/mol. The van der Waals surface area contributed by atoms with E-state index < -0.39 is 52.2 Å². The normalized spacial score (nSPS) is 14.4. The van der Waals surface area contributed by atoms with Crippen molar-refractivity contribution in [2.24, 2.45) is 11.8 Å². The standard InChI is InChI=1S/C27H20F3N2.C13H24O2.Ir/c1-26(2,3)22-14-18(12-16-8-4-6-10-19(16)22)24-21-13-17-9-5-7-11-20(17)23(27(28,29)30)25(21)32-15-31-24;1-5-10(6-2)12(14)9-13(15)11(7-3)8-4;/h4-11,13-15H,1-3H3;9-11,14H,5-8H2,1-4H3;/q-1;;/b;12-9-;/i4D,5D,6D,7D,8D,9D,11D;;. The smallest absolute Gasteiger partial charge is 0.419 e. The van der Waals surface area contributed by atoms with Crippen molar-refractivity contribution in [2.75, 3.05) is 0 Å². The third kappa shape index (κ3) is 8.51. The van der Waals surface area contributed by atoms with Crippen molar-refractivity contribution in [1.29, 1.82) is 0 Å². The van der Waals surface area contributed by atoms with Gasteiger partial charge < -0.3 is 5.11 Å². The van der Waals surface area contributed by atoms with E-state index in [9.17, 15) is 23.1 Å². The van der Waals surface area contributed by atoms with E-state index in [2.05, 4.69) is 16.0 Å². The van der Waals surface area contributed by atoms with Crippen LogP contribution in [0.15, 0.2) is 78.7 Å². The maximum atomic E-state index is 14.5. The Morgan fingerprint density at radius 1 is 0.896 bits per heavy atom. The Balaban J connectivity index is 0.000000433. The van der Waals surface area contributed by atoms with Crippen LogP contribution in [0.3, 0.4) is 0 Å². The number of alkyl halides is 3. The maximum Gasteiger partial charge on any atom is 0.419 e. The molecule has 0 aliphatic carbocycles. The summed E-state index contributed by atoms with van der Waals surface area (Å²) in [5.41, 5.74) is -1.46. The van der Waals surface area contributed by atoms with Gasteiger partial charge in [-0.2, -0.15) is 13.2 Å². The topological polar surface area (TPSA) is 63.1 Å². The van der Waals surface area contributed by atoms with Gasteiger partial charge in [-0.1, -0.05) is 108 Å². The number of aliphatic hydroxyl groups is 1. The number of fused-ring (bicyclic) bond motifs is 3. The molecule has 4 nitrogen and oxygen atoms in total. The predicted molar refractivity (Wildman–Crippen MR) is 186 cm³/mol. The van der Waals surface area contributed by atoms with Gasteiger partial charge in [-0.25, -0.2) is 4.98 Å². The number of nitrogens with zero attached hydrogens (tertiary/aromatic N) is 2. The number of ketones is 1. The quantitative estimate of drug-likeness (QED) is 0.0732. The molecule has 1 N–H and O–H groups in total. The molecular formula is C40H44F3IrN2O2-. The van der Waals surface area contributed by atoms with Crippen molar-refractivity contribution in [3.05, 3.63) is 95.9 Å². The van der Waals surface area contributed by atoms with Crippen molar-refractivity contribution in [1.82, 2.24) is 9.97 Å². The molecule has 1 heterocycles. The first-order valence-electron chi connectivity index (χ1n) is 19.3. The van der Waals surface area contributed by atoms with E-state index >= 15 is 0 Å². The van der Waals surface area contributed by atoms with Crippen molar-refractivity contribution < 1.29 is 52.8 Å². The molecule has 8 heteroatoms. The maximum absolute atomic E-state index is 14.5. The second kappa shape index (κ2) is 16.2. The van der Waals surface area contributed by atoms with Crippen molar-refractivity contribution in [3.8, 4) is 11.3 Å². The van der Waals surface area contributed by atoms with E-state index in [4.69, 9.17) is 9.60 Å². The fraction of sp³-hybridized carbons (Fsp3) is 0.375. The number of aliphatic hydroxyl groups excluding tert-OH is 1. The van der Waals surface area contributed by atoms with E-state index in [0.29, 0.717) is 10.9 Å². The van der Waals surface area contributed by atoms with Gasteiger partial charge >= 0.3 is 6.18 Å². The number of aromatic nitrogens is 2. The molecular weight excluding hydrogens is 790 g/mol. The second-order valence-electron chi connectivity index (χ2n) is 12.5. The zero-order chi connectivity index (χ0) is 40.6. The summed E-state index contributed by atoms with van der Waals surface area (Å²) in [6.45, 7) is 13.8. The zero-order valence-corrected chi connectivity index (χ0v) is 30.5.